The average Bonchev–Trinajstić information content (AvgIpc) is 3.09. The van der Waals surface area contributed by atoms with Crippen molar-refractivity contribution in [3.8, 4) is 0 Å². The van der Waals surface area contributed by atoms with Gasteiger partial charge in [-0.2, -0.15) is 0 Å². The lowest BCUT2D eigenvalue weighted by Gasteiger charge is -2.21. The lowest BCUT2D eigenvalue weighted by molar-refractivity contribution is -0.116. The largest absolute Gasteiger partial charge is 0.311 e. The zero-order chi connectivity index (χ0) is 22.7. The van der Waals surface area contributed by atoms with Crippen molar-refractivity contribution in [2.24, 2.45) is 5.92 Å². The van der Waals surface area contributed by atoms with Gasteiger partial charge in [-0.3, -0.25) is 9.69 Å². The van der Waals surface area contributed by atoms with Crippen LogP contribution in [-0.2, 0) is 21.4 Å². The van der Waals surface area contributed by atoms with Crippen LogP contribution < -0.4 is 9.62 Å². The summed E-state index contributed by atoms with van der Waals surface area (Å²) in [6, 6.07) is 13.7. The SMILES string of the molecule is CC(=O)N1CCCSc2ccc(S(=O)(=O)NC[C@@H]3CCN(Cc4ccc(C)cc4)C3)cc21. The molecule has 2 aliphatic rings. The molecule has 1 atom stereocenters. The second-order valence-electron chi connectivity index (χ2n) is 8.73. The molecule has 172 valence electrons. The number of nitrogens with one attached hydrogen (secondary N) is 1. The van der Waals surface area contributed by atoms with Gasteiger partial charge in [0.25, 0.3) is 0 Å². The quantitative estimate of drug-likeness (QED) is 0.694. The molecule has 0 aliphatic carbocycles. The number of sulfonamides is 1. The van der Waals surface area contributed by atoms with Crippen LogP contribution in [0.15, 0.2) is 52.3 Å². The van der Waals surface area contributed by atoms with Crippen molar-refractivity contribution < 1.29 is 13.2 Å². The zero-order valence-electron chi connectivity index (χ0n) is 18.7. The summed E-state index contributed by atoms with van der Waals surface area (Å²) in [7, 11) is -3.64. The van der Waals surface area contributed by atoms with E-state index in [9.17, 15) is 13.2 Å². The third-order valence-corrected chi connectivity index (χ3v) is 8.72. The van der Waals surface area contributed by atoms with Crippen molar-refractivity contribution in [2.75, 3.05) is 36.8 Å². The molecule has 0 aromatic heterocycles. The Labute approximate surface area is 195 Å². The Morgan fingerprint density at radius 1 is 1.16 bits per heavy atom. The minimum absolute atomic E-state index is 0.0594. The Bertz CT molecular complexity index is 1070. The lowest BCUT2D eigenvalue weighted by atomic mass is 10.1. The van der Waals surface area contributed by atoms with Crippen LogP contribution in [0.2, 0.25) is 0 Å². The predicted octanol–water partition coefficient (Wildman–Crippen LogP) is 3.64. The summed E-state index contributed by atoms with van der Waals surface area (Å²) >= 11 is 1.67. The standard InChI is InChI=1S/C24H31N3O3S2/c1-18-4-6-20(7-5-18)16-26-12-10-21(17-26)15-25-32(29,30)22-8-9-24-23(14-22)27(19(2)28)11-3-13-31-24/h4-9,14,21,25H,3,10-13,15-17H2,1-2H3/t21-/m0/s1. The molecule has 0 spiro atoms. The second kappa shape index (κ2) is 9.95. The van der Waals surface area contributed by atoms with Crippen molar-refractivity contribution in [3.05, 3.63) is 53.6 Å². The number of amides is 1. The van der Waals surface area contributed by atoms with Gasteiger partial charge in [0.05, 0.1) is 10.6 Å². The maximum atomic E-state index is 13.0. The van der Waals surface area contributed by atoms with Crippen molar-refractivity contribution in [2.45, 2.75) is 43.0 Å². The van der Waals surface area contributed by atoms with Gasteiger partial charge in [-0.25, -0.2) is 13.1 Å². The molecule has 0 bridgehead atoms. The Balaban J connectivity index is 1.38. The first-order valence-corrected chi connectivity index (χ1v) is 13.6. The number of thioether (sulfide) groups is 1. The number of hydrogen-bond acceptors (Lipinski definition) is 5. The molecule has 4 rings (SSSR count). The molecule has 2 heterocycles. The molecule has 0 radical (unpaired) electrons. The highest BCUT2D eigenvalue weighted by Gasteiger charge is 2.26. The van der Waals surface area contributed by atoms with Crippen molar-refractivity contribution in [1.29, 1.82) is 0 Å². The maximum absolute atomic E-state index is 13.0. The Hall–Kier alpha value is -1.87. The van der Waals surface area contributed by atoms with Gasteiger partial charge >= 0.3 is 0 Å². The maximum Gasteiger partial charge on any atom is 0.240 e. The monoisotopic (exact) mass is 473 g/mol. The number of carbonyl (C=O) groups is 1. The molecule has 1 fully saturated rings. The van der Waals surface area contributed by atoms with Crippen molar-refractivity contribution in [3.63, 3.8) is 0 Å². The van der Waals surface area contributed by atoms with Gasteiger partial charge < -0.3 is 4.90 Å². The van der Waals surface area contributed by atoms with Crippen LogP contribution in [0, 0.1) is 12.8 Å². The van der Waals surface area contributed by atoms with Gasteiger partial charge in [0, 0.05) is 38.0 Å². The van der Waals surface area contributed by atoms with Crippen LogP contribution in [0.5, 0.6) is 0 Å². The summed E-state index contributed by atoms with van der Waals surface area (Å²) < 4.78 is 28.8. The zero-order valence-corrected chi connectivity index (χ0v) is 20.3. The van der Waals surface area contributed by atoms with Crippen LogP contribution in [0.25, 0.3) is 0 Å². The summed E-state index contributed by atoms with van der Waals surface area (Å²) in [6.07, 6.45) is 1.87. The summed E-state index contributed by atoms with van der Waals surface area (Å²) in [6.45, 7) is 7.41. The number of benzene rings is 2. The fourth-order valence-electron chi connectivity index (χ4n) is 4.34. The van der Waals surface area contributed by atoms with E-state index < -0.39 is 10.0 Å². The first-order chi connectivity index (χ1) is 15.3. The molecule has 32 heavy (non-hydrogen) atoms. The van der Waals surface area contributed by atoms with Gasteiger partial charge in [0.15, 0.2) is 0 Å². The summed E-state index contributed by atoms with van der Waals surface area (Å²) in [4.78, 5) is 17.4. The topological polar surface area (TPSA) is 69.7 Å². The van der Waals surface area contributed by atoms with Crippen LogP contribution in [0.1, 0.15) is 30.9 Å². The third kappa shape index (κ3) is 5.54. The summed E-state index contributed by atoms with van der Waals surface area (Å²) in [5.41, 5.74) is 3.24. The van der Waals surface area contributed by atoms with E-state index in [1.54, 1.807) is 28.8 Å². The number of nitrogens with zero attached hydrogens (tertiary/aromatic N) is 2. The summed E-state index contributed by atoms with van der Waals surface area (Å²) in [5, 5.41) is 0. The molecule has 2 aliphatic heterocycles. The molecule has 2 aromatic rings. The highest BCUT2D eigenvalue weighted by atomic mass is 32.2. The van der Waals surface area contributed by atoms with Crippen LogP contribution >= 0.6 is 11.8 Å². The molecule has 8 heteroatoms. The van der Waals surface area contributed by atoms with Gasteiger partial charge in [-0.05, 0) is 61.7 Å². The molecule has 0 saturated carbocycles. The third-order valence-electron chi connectivity index (χ3n) is 6.15. The van der Waals surface area contributed by atoms with Crippen LogP contribution in [-0.4, -0.2) is 51.2 Å². The number of hydrogen-bond donors (Lipinski definition) is 1. The van der Waals surface area contributed by atoms with E-state index in [-0.39, 0.29) is 10.8 Å². The van der Waals surface area contributed by atoms with Crippen LogP contribution in [0.3, 0.4) is 0 Å². The number of anilines is 1. The van der Waals surface area contributed by atoms with Crippen molar-refractivity contribution in [1.82, 2.24) is 9.62 Å². The van der Waals surface area contributed by atoms with Gasteiger partial charge in [0.1, 0.15) is 0 Å². The molecular weight excluding hydrogens is 442 g/mol. The molecule has 1 N–H and O–H groups in total. The highest BCUT2D eigenvalue weighted by molar-refractivity contribution is 7.99. The first kappa shape index (κ1) is 23.3. The van der Waals surface area contributed by atoms with E-state index in [1.807, 2.05) is 6.07 Å². The number of likely N-dealkylation sites (tertiary alicyclic amines) is 1. The van der Waals surface area contributed by atoms with E-state index in [0.717, 1.165) is 43.1 Å². The van der Waals surface area contributed by atoms with Crippen LogP contribution in [0.4, 0.5) is 5.69 Å². The van der Waals surface area contributed by atoms with E-state index >= 15 is 0 Å². The number of aryl methyl sites for hydroxylation is 1. The highest BCUT2D eigenvalue weighted by Crippen LogP contribution is 2.35. The minimum Gasteiger partial charge on any atom is -0.311 e. The Morgan fingerprint density at radius 3 is 2.69 bits per heavy atom. The molecule has 0 unspecified atom stereocenters. The number of rotatable bonds is 6. The molecule has 1 saturated heterocycles. The second-order valence-corrected chi connectivity index (χ2v) is 11.6. The Morgan fingerprint density at radius 2 is 1.94 bits per heavy atom. The molecule has 1 amide bonds. The normalized spacial score (nSPS) is 19.6. The first-order valence-electron chi connectivity index (χ1n) is 11.1. The minimum atomic E-state index is -3.64. The fourth-order valence-corrected chi connectivity index (χ4v) is 6.45. The average molecular weight is 474 g/mol. The number of carbonyl (C=O) groups excluding carboxylic acids is 1. The Kier molecular flexibility index (Phi) is 7.24. The fraction of sp³-hybridized carbons (Fsp3) is 0.458. The van der Waals surface area contributed by atoms with Gasteiger partial charge in [-0.15, -0.1) is 11.8 Å². The van der Waals surface area contributed by atoms with Gasteiger partial charge in [0.2, 0.25) is 15.9 Å². The van der Waals surface area contributed by atoms with Gasteiger partial charge in [-0.1, -0.05) is 29.8 Å². The van der Waals surface area contributed by atoms with E-state index in [0.29, 0.717) is 24.7 Å². The molecule has 2 aromatic carbocycles. The number of fused-ring (bicyclic) bond motifs is 1. The predicted molar refractivity (Wildman–Crippen MR) is 130 cm³/mol. The summed E-state index contributed by atoms with van der Waals surface area (Å²) in [5.74, 6) is 1.15. The van der Waals surface area contributed by atoms with Crippen molar-refractivity contribution >= 4 is 33.4 Å². The lowest BCUT2D eigenvalue weighted by Crippen LogP contribution is -2.32. The van der Waals surface area contributed by atoms with E-state index in [4.69, 9.17) is 0 Å². The molecule has 6 nitrogen and oxygen atoms in total. The van der Waals surface area contributed by atoms with E-state index in [1.165, 1.54) is 18.1 Å². The molecular formula is C24H31N3O3S2. The smallest absolute Gasteiger partial charge is 0.240 e. The van der Waals surface area contributed by atoms with E-state index in [2.05, 4.69) is 40.8 Å².